The van der Waals surface area contributed by atoms with Gasteiger partial charge in [-0.05, 0) is 49.2 Å². The van der Waals surface area contributed by atoms with Gasteiger partial charge in [-0.3, -0.25) is 0 Å². The predicted octanol–water partition coefficient (Wildman–Crippen LogP) is 5.30. The van der Waals surface area contributed by atoms with Crippen LogP contribution in [0.3, 0.4) is 0 Å². The van der Waals surface area contributed by atoms with E-state index >= 15 is 0 Å². The minimum Gasteiger partial charge on any atom is -0.328 e. The minimum absolute atomic E-state index is 0.188. The molecular weight excluding hydrogens is 291 g/mol. The number of quaternary nitrogens is 1. The van der Waals surface area contributed by atoms with Gasteiger partial charge in [-0.15, -0.1) is 3.94 Å². The van der Waals surface area contributed by atoms with Crippen molar-refractivity contribution in [1.82, 2.24) is 3.94 Å². The van der Waals surface area contributed by atoms with Gasteiger partial charge in [0, 0.05) is 11.8 Å². The van der Waals surface area contributed by atoms with Crippen molar-refractivity contribution >= 4 is 23.6 Å². The lowest BCUT2D eigenvalue weighted by molar-refractivity contribution is -0.897. The van der Waals surface area contributed by atoms with E-state index in [0.29, 0.717) is 10.8 Å². The molecule has 0 aromatic carbocycles. The molecule has 0 spiro atoms. The van der Waals surface area contributed by atoms with Crippen LogP contribution < -0.4 is 0 Å². The van der Waals surface area contributed by atoms with E-state index in [1.54, 1.807) is 0 Å². The number of rotatable bonds is 7. The Kier molecular flexibility index (Phi) is 6.89. The number of nitrogens with zero attached hydrogens (tertiary/aromatic N) is 2. The molecule has 0 fully saturated rings. The monoisotopic (exact) mass is 325 g/mol. The molecule has 0 heterocycles. The van der Waals surface area contributed by atoms with Crippen molar-refractivity contribution in [2.24, 2.45) is 10.8 Å². The summed E-state index contributed by atoms with van der Waals surface area (Å²) in [7, 11) is 4.60. The molecule has 122 valence electrons. The highest BCUT2D eigenvalue weighted by molar-refractivity contribution is 6.34. The molecule has 0 aliphatic rings. The molecule has 0 N–H and O–H groups in total. The van der Waals surface area contributed by atoms with Crippen LogP contribution in [-0.4, -0.2) is 41.1 Å². The van der Waals surface area contributed by atoms with Crippen molar-refractivity contribution in [2.75, 3.05) is 27.2 Å². The Morgan fingerprint density at radius 1 is 0.900 bits per heavy atom. The average Bonchev–Trinajstić information content (AvgIpc) is 2.08. The Labute approximate surface area is 137 Å². The second-order valence-corrected chi connectivity index (χ2v) is 10.4. The zero-order valence-electron chi connectivity index (χ0n) is 15.0. The first-order valence-corrected chi connectivity index (χ1v) is 8.18. The maximum absolute atomic E-state index is 5.91. The van der Waals surface area contributed by atoms with E-state index in [4.69, 9.17) is 23.6 Å². The number of halogens is 2. The van der Waals surface area contributed by atoms with E-state index in [2.05, 4.69) is 62.6 Å². The van der Waals surface area contributed by atoms with E-state index in [1.165, 1.54) is 10.4 Å². The van der Waals surface area contributed by atoms with Gasteiger partial charge in [0.15, 0.2) is 0 Å². The van der Waals surface area contributed by atoms with Gasteiger partial charge >= 0.3 is 0 Å². The van der Waals surface area contributed by atoms with E-state index in [0.717, 1.165) is 24.0 Å². The molecule has 0 aliphatic heterocycles. The van der Waals surface area contributed by atoms with E-state index < -0.39 is 0 Å². The molecule has 2 nitrogen and oxygen atoms in total. The third kappa shape index (κ3) is 8.71. The second kappa shape index (κ2) is 6.73. The van der Waals surface area contributed by atoms with Crippen molar-refractivity contribution < 1.29 is 4.48 Å². The molecule has 4 heteroatoms. The summed E-state index contributed by atoms with van der Waals surface area (Å²) < 4.78 is 2.28. The van der Waals surface area contributed by atoms with Crippen LogP contribution in [0.5, 0.6) is 0 Å². The van der Waals surface area contributed by atoms with Gasteiger partial charge in [-0.1, -0.05) is 34.6 Å². The fourth-order valence-corrected chi connectivity index (χ4v) is 3.56. The van der Waals surface area contributed by atoms with Crippen LogP contribution in [-0.2, 0) is 0 Å². The van der Waals surface area contributed by atoms with Gasteiger partial charge in [0.25, 0.3) is 0 Å². The van der Waals surface area contributed by atoms with Crippen LogP contribution in [0.25, 0.3) is 0 Å². The highest BCUT2D eigenvalue weighted by Crippen LogP contribution is 2.35. The van der Waals surface area contributed by atoms with Crippen molar-refractivity contribution in [3.63, 3.8) is 0 Å². The summed E-state index contributed by atoms with van der Waals surface area (Å²) in [4.78, 5) is 0. The van der Waals surface area contributed by atoms with E-state index in [9.17, 15) is 0 Å². The highest BCUT2D eigenvalue weighted by atomic mass is 35.5. The van der Waals surface area contributed by atoms with Crippen molar-refractivity contribution in [3.8, 4) is 0 Å². The van der Waals surface area contributed by atoms with Crippen LogP contribution in [0.2, 0.25) is 0 Å². The van der Waals surface area contributed by atoms with Gasteiger partial charge < -0.3 is 4.48 Å². The zero-order chi connectivity index (χ0) is 16.4. The molecule has 0 radical (unpaired) electrons. The Bertz CT molecular complexity index is 302. The second-order valence-electron chi connectivity index (χ2n) is 9.51. The predicted molar refractivity (Wildman–Crippen MR) is 91.9 cm³/mol. The quantitative estimate of drug-likeness (QED) is 0.453. The van der Waals surface area contributed by atoms with Crippen LogP contribution in [0.1, 0.15) is 61.3 Å². The first kappa shape index (κ1) is 20.5. The summed E-state index contributed by atoms with van der Waals surface area (Å²) in [5, 5.41) is 0. The maximum atomic E-state index is 5.91. The molecule has 0 aromatic rings. The summed E-state index contributed by atoms with van der Waals surface area (Å²) in [5.74, 6) is 0. The first-order valence-electron chi connectivity index (χ1n) is 7.50. The SMILES string of the molecule is CC(C)(C)CC(C)(C)C[N+](C)(C)CCC(C)(C)N(Cl)Cl. The molecule has 0 atom stereocenters. The van der Waals surface area contributed by atoms with Crippen LogP contribution in [0.15, 0.2) is 0 Å². The van der Waals surface area contributed by atoms with E-state index in [-0.39, 0.29) is 5.54 Å². The van der Waals surface area contributed by atoms with Crippen molar-refractivity contribution in [2.45, 2.75) is 66.8 Å². The van der Waals surface area contributed by atoms with Gasteiger partial charge in [-0.25, -0.2) is 0 Å². The first-order chi connectivity index (χ1) is 8.56. The molecular formula is C16H35Cl2N2+. The van der Waals surface area contributed by atoms with Crippen molar-refractivity contribution in [1.29, 1.82) is 0 Å². The average molecular weight is 326 g/mol. The highest BCUT2D eigenvalue weighted by Gasteiger charge is 2.34. The molecule has 0 aliphatic carbocycles. The van der Waals surface area contributed by atoms with Crippen molar-refractivity contribution in [3.05, 3.63) is 0 Å². The normalized spacial score (nSPS) is 15.0. The fraction of sp³-hybridized carbons (Fsp3) is 1.00. The van der Waals surface area contributed by atoms with Crippen LogP contribution in [0, 0.1) is 10.8 Å². The summed E-state index contributed by atoms with van der Waals surface area (Å²) in [5.41, 5.74) is 0.506. The molecule has 0 amide bonds. The third-order valence-electron chi connectivity index (χ3n) is 3.65. The smallest absolute Gasteiger partial charge is 0.0834 e. The Morgan fingerprint density at radius 2 is 1.35 bits per heavy atom. The molecule has 0 aromatic heterocycles. The van der Waals surface area contributed by atoms with Crippen LogP contribution >= 0.6 is 23.6 Å². The minimum atomic E-state index is -0.188. The summed E-state index contributed by atoms with van der Waals surface area (Å²) >= 11 is 11.8. The fourth-order valence-electron chi connectivity index (χ4n) is 3.39. The Morgan fingerprint density at radius 3 is 1.70 bits per heavy atom. The number of hydrogen-bond donors (Lipinski definition) is 0. The summed E-state index contributed by atoms with van der Waals surface area (Å²) in [6.45, 7) is 18.1. The lowest BCUT2D eigenvalue weighted by atomic mass is 9.75. The maximum Gasteiger partial charge on any atom is 0.0834 e. The molecule has 20 heavy (non-hydrogen) atoms. The molecule has 0 rings (SSSR count). The molecule has 0 bridgehead atoms. The topological polar surface area (TPSA) is 3.24 Å². The van der Waals surface area contributed by atoms with Gasteiger partial charge in [-0.2, -0.15) is 0 Å². The third-order valence-corrected chi connectivity index (χ3v) is 4.57. The molecule has 0 unspecified atom stereocenters. The van der Waals surface area contributed by atoms with Crippen LogP contribution in [0.4, 0.5) is 0 Å². The Hall–Kier alpha value is 0.500. The summed E-state index contributed by atoms with van der Waals surface area (Å²) in [6, 6.07) is 0. The largest absolute Gasteiger partial charge is 0.328 e. The van der Waals surface area contributed by atoms with Gasteiger partial charge in [0.05, 0.1) is 32.7 Å². The van der Waals surface area contributed by atoms with Gasteiger partial charge in [0.2, 0.25) is 0 Å². The summed E-state index contributed by atoms with van der Waals surface area (Å²) in [6.07, 6.45) is 2.20. The lowest BCUT2D eigenvalue weighted by Crippen LogP contribution is -2.50. The molecule has 0 saturated heterocycles. The van der Waals surface area contributed by atoms with E-state index in [1.807, 2.05) is 0 Å². The zero-order valence-corrected chi connectivity index (χ0v) is 16.5. The Balaban J connectivity index is 4.59. The number of hydrogen-bond acceptors (Lipinski definition) is 1. The van der Waals surface area contributed by atoms with Gasteiger partial charge in [0.1, 0.15) is 0 Å². The standard InChI is InChI=1S/C16H35Cl2N2/c1-14(2,3)12-15(4,5)13-20(8,9)11-10-16(6,7)19(17)18/h10-13H2,1-9H3/q+1. The lowest BCUT2D eigenvalue weighted by Gasteiger charge is -2.41. The molecule has 0 saturated carbocycles.